The van der Waals surface area contributed by atoms with Crippen molar-refractivity contribution >= 4 is 11.8 Å². The highest BCUT2D eigenvalue weighted by atomic mass is 16.6. The summed E-state index contributed by atoms with van der Waals surface area (Å²) in [6.07, 6.45) is 0.699. The van der Waals surface area contributed by atoms with E-state index in [1.54, 1.807) is 0 Å². The van der Waals surface area contributed by atoms with Gasteiger partial charge in [0.2, 0.25) is 0 Å². The lowest BCUT2D eigenvalue weighted by atomic mass is 9.37. The van der Waals surface area contributed by atoms with Crippen LogP contribution in [0.4, 0.5) is 0 Å². The summed E-state index contributed by atoms with van der Waals surface area (Å²) in [6.45, 7) is 8.69. The number of fused-ring (bicyclic) bond motifs is 4. The molecule has 6 nitrogen and oxygen atoms in total. The van der Waals surface area contributed by atoms with Crippen molar-refractivity contribution in [3.8, 4) is 0 Å². The first-order valence-electron chi connectivity index (χ1n) is 12.3. The van der Waals surface area contributed by atoms with Crippen LogP contribution in [-0.2, 0) is 30.4 Å². The van der Waals surface area contributed by atoms with Crippen LogP contribution in [0.3, 0.4) is 0 Å². The average Bonchev–Trinajstić information content (AvgIpc) is 3.44. The van der Waals surface area contributed by atoms with Gasteiger partial charge in [0.05, 0.1) is 19.1 Å². The van der Waals surface area contributed by atoms with Gasteiger partial charge in [-0.25, -0.2) is 0 Å². The number of rotatable bonds is 3. The molecule has 0 radical (unpaired) electrons. The van der Waals surface area contributed by atoms with Gasteiger partial charge in [-0.1, -0.05) is 51.1 Å². The van der Waals surface area contributed by atoms with Gasteiger partial charge in [-0.15, -0.1) is 0 Å². The summed E-state index contributed by atoms with van der Waals surface area (Å²) in [5.41, 5.74) is -2.23. The van der Waals surface area contributed by atoms with Crippen molar-refractivity contribution in [3.63, 3.8) is 0 Å². The van der Waals surface area contributed by atoms with Crippen molar-refractivity contribution in [2.75, 3.05) is 0 Å². The molecule has 1 aromatic rings. The quantitative estimate of drug-likeness (QED) is 0.556. The molecular weight excluding hydrogens is 420 g/mol. The van der Waals surface area contributed by atoms with E-state index < -0.39 is 28.1 Å². The number of ether oxygens (including phenoxy) is 3. The lowest BCUT2D eigenvalue weighted by molar-refractivity contribution is -0.303. The van der Waals surface area contributed by atoms with Crippen molar-refractivity contribution in [1.82, 2.24) is 0 Å². The number of hydrogen-bond donors (Lipinski definition) is 1. The second-order valence-electron chi connectivity index (χ2n) is 11.8. The minimum Gasteiger partial charge on any atom is -0.462 e. The van der Waals surface area contributed by atoms with Crippen LogP contribution in [0.5, 0.6) is 0 Å². The van der Waals surface area contributed by atoms with E-state index >= 15 is 0 Å². The number of ketones is 1. The number of benzene rings is 1. The minimum absolute atomic E-state index is 0.0662. The van der Waals surface area contributed by atoms with E-state index in [2.05, 4.69) is 20.8 Å². The molecule has 1 aromatic carbocycles. The molecule has 6 heteroatoms. The standard InChI is InChI=1S/C27H34O6/c1-15-10-18(28)23(31-14-16-8-6-5-7-9-16)24(2)17(15)11-20-25(3)19(24)12-21-26(4,33-21)27(25,30)13-22(29)32-20/h5-9,15,17,19-21,23,30H,10-14H2,1-4H3/t15-,17+,19-,20-,21+,23+,24+,25+,26+,27+/m1/s1. The largest absolute Gasteiger partial charge is 0.462 e. The first-order valence-corrected chi connectivity index (χ1v) is 12.3. The third-order valence-electron chi connectivity index (χ3n) is 10.5. The Morgan fingerprint density at radius 3 is 2.55 bits per heavy atom. The van der Waals surface area contributed by atoms with Crippen LogP contribution >= 0.6 is 0 Å². The van der Waals surface area contributed by atoms with E-state index in [-0.39, 0.29) is 48.1 Å². The fraction of sp³-hybridized carbons (Fsp3) is 0.704. The summed E-state index contributed by atoms with van der Waals surface area (Å²) in [6, 6.07) is 9.94. The SMILES string of the molecule is C[C@@H]1CC(=O)[C@H](OCc2ccccc2)[C@]2(C)[C@H]3C[C@@H]4O[C@]4(C)[C@]4(O)CC(=O)O[C@H](C[C@@H]12)[C@]34C. The number of epoxide rings is 1. The molecule has 178 valence electrons. The molecule has 1 N–H and O–H groups in total. The molecule has 2 saturated heterocycles. The smallest absolute Gasteiger partial charge is 0.309 e. The maximum absolute atomic E-state index is 13.5. The van der Waals surface area contributed by atoms with Crippen molar-refractivity contribution in [3.05, 3.63) is 35.9 Å². The summed E-state index contributed by atoms with van der Waals surface area (Å²) in [5.74, 6) is 0.0275. The molecule has 6 rings (SSSR count). The Morgan fingerprint density at radius 2 is 1.82 bits per heavy atom. The summed E-state index contributed by atoms with van der Waals surface area (Å²) in [4.78, 5) is 26.1. The van der Waals surface area contributed by atoms with Gasteiger partial charge in [0, 0.05) is 17.3 Å². The Kier molecular flexibility index (Phi) is 4.40. The zero-order valence-corrected chi connectivity index (χ0v) is 19.9. The van der Waals surface area contributed by atoms with E-state index in [1.807, 2.05) is 37.3 Å². The molecular formula is C27H34O6. The molecule has 3 saturated carbocycles. The van der Waals surface area contributed by atoms with Crippen LogP contribution in [0.1, 0.15) is 58.9 Å². The van der Waals surface area contributed by atoms with E-state index in [4.69, 9.17) is 14.2 Å². The average molecular weight is 455 g/mol. The Labute approximate surface area is 195 Å². The molecule has 2 heterocycles. The molecule has 2 aliphatic heterocycles. The van der Waals surface area contributed by atoms with E-state index in [1.165, 1.54) is 0 Å². The van der Waals surface area contributed by atoms with Gasteiger partial charge in [0.25, 0.3) is 0 Å². The van der Waals surface area contributed by atoms with Crippen LogP contribution in [-0.4, -0.2) is 46.4 Å². The van der Waals surface area contributed by atoms with E-state index in [0.29, 0.717) is 19.4 Å². The summed E-state index contributed by atoms with van der Waals surface area (Å²) >= 11 is 0. The third-order valence-corrected chi connectivity index (χ3v) is 10.5. The first kappa shape index (κ1) is 21.8. The molecule has 10 atom stereocenters. The van der Waals surface area contributed by atoms with Gasteiger partial charge in [-0.2, -0.15) is 0 Å². The number of hydrogen-bond acceptors (Lipinski definition) is 6. The van der Waals surface area contributed by atoms with Crippen LogP contribution < -0.4 is 0 Å². The zero-order chi connectivity index (χ0) is 23.4. The van der Waals surface area contributed by atoms with Crippen molar-refractivity contribution in [2.45, 2.75) is 89.5 Å². The highest BCUT2D eigenvalue weighted by Gasteiger charge is 2.84. The van der Waals surface area contributed by atoms with Gasteiger partial charge in [-0.3, -0.25) is 9.59 Å². The molecule has 3 aliphatic carbocycles. The predicted molar refractivity (Wildman–Crippen MR) is 119 cm³/mol. The Hall–Kier alpha value is -1.76. The maximum atomic E-state index is 13.5. The minimum atomic E-state index is -1.32. The van der Waals surface area contributed by atoms with Gasteiger partial charge >= 0.3 is 5.97 Å². The van der Waals surface area contributed by atoms with Crippen LogP contribution in [0.2, 0.25) is 0 Å². The van der Waals surface area contributed by atoms with Crippen molar-refractivity contribution in [1.29, 1.82) is 0 Å². The number of carbonyl (C=O) groups excluding carboxylic acids is 2. The normalized spacial score (nSPS) is 52.3. The van der Waals surface area contributed by atoms with Gasteiger partial charge in [-0.05, 0) is 43.1 Å². The number of esters is 1. The summed E-state index contributed by atoms with van der Waals surface area (Å²) in [5, 5.41) is 12.2. The lowest BCUT2D eigenvalue weighted by Gasteiger charge is -2.69. The topological polar surface area (TPSA) is 85.4 Å². The summed E-state index contributed by atoms with van der Waals surface area (Å²) in [7, 11) is 0. The number of aliphatic hydroxyl groups is 1. The second-order valence-corrected chi connectivity index (χ2v) is 11.8. The first-order chi connectivity index (χ1) is 15.6. The van der Waals surface area contributed by atoms with Gasteiger partial charge < -0.3 is 19.3 Å². The molecule has 0 bridgehead atoms. The highest BCUT2D eigenvalue weighted by Crippen LogP contribution is 2.74. The molecule has 0 spiro atoms. The highest BCUT2D eigenvalue weighted by molar-refractivity contribution is 5.85. The van der Waals surface area contributed by atoms with Crippen LogP contribution in [0.25, 0.3) is 0 Å². The summed E-state index contributed by atoms with van der Waals surface area (Å²) < 4.78 is 18.5. The third kappa shape index (κ3) is 2.55. The molecule has 0 aromatic heterocycles. The Balaban J connectivity index is 1.44. The van der Waals surface area contributed by atoms with E-state index in [0.717, 1.165) is 12.0 Å². The molecule has 33 heavy (non-hydrogen) atoms. The maximum Gasteiger partial charge on any atom is 0.309 e. The Bertz CT molecular complexity index is 1010. The van der Waals surface area contributed by atoms with Crippen LogP contribution in [0, 0.1) is 28.6 Å². The van der Waals surface area contributed by atoms with Crippen molar-refractivity contribution in [2.24, 2.45) is 28.6 Å². The Morgan fingerprint density at radius 1 is 1.09 bits per heavy atom. The number of carbonyl (C=O) groups is 2. The predicted octanol–water partition coefficient (Wildman–Crippen LogP) is 3.44. The van der Waals surface area contributed by atoms with Gasteiger partial charge in [0.15, 0.2) is 5.78 Å². The van der Waals surface area contributed by atoms with Crippen LogP contribution in [0.15, 0.2) is 30.3 Å². The van der Waals surface area contributed by atoms with Crippen molar-refractivity contribution < 1.29 is 28.9 Å². The zero-order valence-electron chi connectivity index (χ0n) is 19.9. The fourth-order valence-corrected chi connectivity index (χ4v) is 8.67. The molecule has 0 amide bonds. The lowest BCUT2D eigenvalue weighted by Crippen LogP contribution is -2.77. The molecule has 5 fully saturated rings. The van der Waals surface area contributed by atoms with Gasteiger partial charge in [0.1, 0.15) is 23.4 Å². The number of Topliss-reactive ketones (excluding diaryl/α,β-unsaturated/α-hetero) is 1. The monoisotopic (exact) mass is 454 g/mol. The molecule has 0 unspecified atom stereocenters. The fourth-order valence-electron chi connectivity index (χ4n) is 8.67. The second kappa shape index (κ2) is 6.67. The van der Waals surface area contributed by atoms with E-state index in [9.17, 15) is 14.7 Å². The molecule has 5 aliphatic rings.